The number of fused-ring (bicyclic) bond motifs is 1. The van der Waals surface area contributed by atoms with Crippen molar-refractivity contribution in [2.75, 3.05) is 19.8 Å². The molecule has 1 aliphatic heterocycles. The first-order valence-corrected chi connectivity index (χ1v) is 16.6. The molecule has 0 saturated carbocycles. The quantitative estimate of drug-likeness (QED) is 0.114. The highest BCUT2D eigenvalue weighted by molar-refractivity contribution is 8.13. The number of aryl methyl sites for hydroxylation is 1. The maximum absolute atomic E-state index is 15.1. The summed E-state index contributed by atoms with van der Waals surface area (Å²) in [5.41, 5.74) is 9.56. The lowest BCUT2D eigenvalue weighted by Gasteiger charge is -2.31. The number of amidine groups is 1. The van der Waals surface area contributed by atoms with Crippen LogP contribution in [0.3, 0.4) is 0 Å². The Kier molecular flexibility index (Phi) is 10.5. The normalized spacial score (nSPS) is 17.6. The molecular formula is C33H41ClFN7OS. The van der Waals surface area contributed by atoms with Crippen LogP contribution in [-0.4, -0.2) is 56.5 Å². The van der Waals surface area contributed by atoms with E-state index >= 15 is 4.39 Å². The van der Waals surface area contributed by atoms with Gasteiger partial charge in [-0.2, -0.15) is 4.98 Å². The average Bonchev–Trinajstić information content (AvgIpc) is 3.41. The summed E-state index contributed by atoms with van der Waals surface area (Å²) in [7, 11) is 3.80. The van der Waals surface area contributed by atoms with E-state index in [-0.39, 0.29) is 17.1 Å². The van der Waals surface area contributed by atoms with Crippen molar-refractivity contribution >= 4 is 39.6 Å². The second-order valence-electron chi connectivity index (χ2n) is 12.0. The van der Waals surface area contributed by atoms with E-state index in [1.807, 2.05) is 38.1 Å². The van der Waals surface area contributed by atoms with Gasteiger partial charge in [-0.3, -0.25) is 9.98 Å². The largest absolute Gasteiger partial charge is 0.358 e. The molecule has 11 heteroatoms. The molecule has 44 heavy (non-hydrogen) atoms. The zero-order valence-electron chi connectivity index (χ0n) is 25.5. The van der Waals surface area contributed by atoms with Gasteiger partial charge in [0.2, 0.25) is 0 Å². The minimum Gasteiger partial charge on any atom is -0.358 e. The Labute approximate surface area is 267 Å². The van der Waals surface area contributed by atoms with Crippen LogP contribution >= 0.6 is 23.4 Å². The van der Waals surface area contributed by atoms with E-state index in [9.17, 15) is 4.79 Å². The predicted octanol–water partition coefficient (Wildman–Crippen LogP) is 6.65. The van der Waals surface area contributed by atoms with Gasteiger partial charge in [0.25, 0.3) is 0 Å². The van der Waals surface area contributed by atoms with Crippen molar-refractivity contribution in [2.24, 2.45) is 5.73 Å². The van der Waals surface area contributed by atoms with Crippen molar-refractivity contribution in [2.45, 2.75) is 70.0 Å². The van der Waals surface area contributed by atoms with Crippen LogP contribution in [0, 0.1) is 11.2 Å². The van der Waals surface area contributed by atoms with Gasteiger partial charge in [0.1, 0.15) is 5.65 Å². The minimum atomic E-state index is -0.509. The molecule has 2 aromatic heterocycles. The molecule has 1 saturated heterocycles. The summed E-state index contributed by atoms with van der Waals surface area (Å²) in [4.78, 5) is 22.3. The standard InChI is InChI=1S/C33H41ClFN7OS/c1-20(36)6-4-7-21-16-26(30(35)27(34)17-21)29-18-23-19-42(33(43)40-31(23)39-29)25-12-10-22(11-13-25)28-9-5-8-24(38-28)14-15-44-32(37)41(2)3/h10-13,16-20,24,28,37-38H,4-9,14-15,36H2,1-3H3,(H,39,40,43)/t20-,24-,28-/m0/s1. The maximum atomic E-state index is 15.1. The zero-order chi connectivity index (χ0) is 31.4. The smallest absolute Gasteiger partial charge is 0.354 e. The molecule has 1 fully saturated rings. The van der Waals surface area contributed by atoms with Crippen molar-refractivity contribution in [3.8, 4) is 16.9 Å². The molecule has 5 rings (SSSR count). The third kappa shape index (κ3) is 7.72. The van der Waals surface area contributed by atoms with Gasteiger partial charge in [-0.25, -0.2) is 9.18 Å². The fourth-order valence-electron chi connectivity index (χ4n) is 5.74. The van der Waals surface area contributed by atoms with Gasteiger partial charge in [0.15, 0.2) is 11.0 Å². The summed E-state index contributed by atoms with van der Waals surface area (Å²) < 4.78 is 16.7. The van der Waals surface area contributed by atoms with Crippen LogP contribution in [-0.2, 0) is 6.42 Å². The molecule has 5 N–H and O–H groups in total. The Hall–Kier alpha value is -3.18. The van der Waals surface area contributed by atoms with Gasteiger partial charge >= 0.3 is 5.69 Å². The SMILES string of the molecule is C[C@H](N)CCCc1cc(Cl)c(F)c(-c2cc3cn(-c4ccc([C@@H]5CCC[C@@H](CCSC(=N)N(C)C)N5)cc4)c(=O)nc3[nH]2)c1. The van der Waals surface area contributed by atoms with Gasteiger partial charge in [-0.05, 0) is 86.9 Å². The van der Waals surface area contributed by atoms with E-state index in [4.69, 9.17) is 22.7 Å². The highest BCUT2D eigenvalue weighted by atomic mass is 35.5. The van der Waals surface area contributed by atoms with Crippen LogP contribution in [0.15, 0.2) is 53.5 Å². The highest BCUT2D eigenvalue weighted by Gasteiger charge is 2.22. The first kappa shape index (κ1) is 32.2. The van der Waals surface area contributed by atoms with Crippen LogP contribution in [0.4, 0.5) is 4.39 Å². The monoisotopic (exact) mass is 637 g/mol. The second-order valence-corrected chi connectivity index (χ2v) is 13.5. The van der Waals surface area contributed by atoms with Crippen molar-refractivity contribution in [1.82, 2.24) is 24.8 Å². The number of benzene rings is 2. The van der Waals surface area contributed by atoms with Crippen LogP contribution in [0.5, 0.6) is 0 Å². The number of hydrogen-bond acceptors (Lipinski definition) is 6. The van der Waals surface area contributed by atoms with Crippen LogP contribution < -0.4 is 16.7 Å². The Morgan fingerprint density at radius 3 is 2.75 bits per heavy atom. The Morgan fingerprint density at radius 2 is 2.02 bits per heavy atom. The summed E-state index contributed by atoms with van der Waals surface area (Å²) in [6.07, 6.45) is 8.60. The number of aromatic nitrogens is 3. The van der Waals surface area contributed by atoms with Gasteiger partial charge < -0.3 is 20.9 Å². The number of H-pyrrole nitrogens is 1. The molecule has 3 atom stereocenters. The number of piperidine rings is 1. The van der Waals surface area contributed by atoms with E-state index in [2.05, 4.69) is 27.4 Å². The number of nitrogens with two attached hydrogens (primary N) is 1. The maximum Gasteiger partial charge on any atom is 0.354 e. The number of hydrogen-bond donors (Lipinski definition) is 4. The molecule has 0 bridgehead atoms. The third-order valence-corrected chi connectivity index (χ3v) is 9.53. The summed E-state index contributed by atoms with van der Waals surface area (Å²) in [6, 6.07) is 14.1. The van der Waals surface area contributed by atoms with Crippen molar-refractivity contribution < 1.29 is 4.39 Å². The lowest BCUT2D eigenvalue weighted by Crippen LogP contribution is -2.37. The van der Waals surface area contributed by atoms with Crippen molar-refractivity contribution in [3.63, 3.8) is 0 Å². The fourth-order valence-corrected chi connectivity index (χ4v) is 6.84. The average molecular weight is 638 g/mol. The lowest BCUT2D eigenvalue weighted by molar-refractivity contribution is 0.320. The molecule has 3 heterocycles. The number of nitrogens with zero attached hydrogens (tertiary/aromatic N) is 3. The number of rotatable bonds is 10. The van der Waals surface area contributed by atoms with Crippen LogP contribution in [0.2, 0.25) is 5.02 Å². The summed E-state index contributed by atoms with van der Waals surface area (Å²) in [5, 5.41) is 13.1. The van der Waals surface area contributed by atoms with E-state index in [1.165, 1.54) is 10.1 Å². The Balaban J connectivity index is 1.31. The molecule has 1 aliphatic rings. The van der Waals surface area contributed by atoms with Crippen molar-refractivity contribution in [3.05, 3.63) is 81.1 Å². The zero-order valence-corrected chi connectivity index (χ0v) is 27.1. The first-order valence-electron chi connectivity index (χ1n) is 15.2. The number of halogens is 2. The van der Waals surface area contributed by atoms with E-state index in [1.54, 1.807) is 36.2 Å². The number of thioether (sulfide) groups is 1. The Bertz CT molecular complexity index is 1670. The van der Waals surface area contributed by atoms with Gasteiger partial charge in [-0.1, -0.05) is 41.9 Å². The molecule has 234 valence electrons. The van der Waals surface area contributed by atoms with Crippen LogP contribution in [0.1, 0.15) is 62.6 Å². The second kappa shape index (κ2) is 14.3. The highest BCUT2D eigenvalue weighted by Crippen LogP contribution is 2.32. The molecule has 0 spiro atoms. The Morgan fingerprint density at radius 1 is 1.25 bits per heavy atom. The van der Waals surface area contributed by atoms with E-state index in [0.29, 0.717) is 39.2 Å². The molecular weight excluding hydrogens is 597 g/mol. The number of aromatic amines is 1. The van der Waals surface area contributed by atoms with Crippen LogP contribution in [0.25, 0.3) is 28.0 Å². The number of nitrogens with one attached hydrogen (secondary N) is 3. The molecule has 0 unspecified atom stereocenters. The third-order valence-electron chi connectivity index (χ3n) is 8.18. The molecule has 0 amide bonds. The predicted molar refractivity (Wildman–Crippen MR) is 181 cm³/mol. The van der Waals surface area contributed by atoms with Gasteiger partial charge in [0, 0.05) is 55.1 Å². The fraction of sp³-hybridized carbons (Fsp3) is 0.424. The summed E-state index contributed by atoms with van der Waals surface area (Å²) >= 11 is 7.84. The topological polar surface area (TPSA) is 116 Å². The summed E-state index contributed by atoms with van der Waals surface area (Å²) in [5.74, 6) is 0.407. The van der Waals surface area contributed by atoms with Crippen molar-refractivity contribution in [1.29, 1.82) is 5.41 Å². The molecule has 8 nitrogen and oxygen atoms in total. The van der Waals surface area contributed by atoms with Gasteiger partial charge in [-0.15, -0.1) is 0 Å². The molecule has 2 aromatic carbocycles. The summed E-state index contributed by atoms with van der Waals surface area (Å²) in [6.45, 7) is 1.97. The molecule has 0 aliphatic carbocycles. The van der Waals surface area contributed by atoms with E-state index < -0.39 is 11.5 Å². The van der Waals surface area contributed by atoms with E-state index in [0.717, 1.165) is 56.3 Å². The first-order chi connectivity index (χ1) is 21.1. The lowest BCUT2D eigenvalue weighted by atomic mass is 9.92. The molecule has 4 aromatic rings. The van der Waals surface area contributed by atoms with Gasteiger partial charge in [0.05, 0.1) is 16.4 Å². The molecule has 0 radical (unpaired) electrons. The minimum absolute atomic E-state index is 0.0621.